The van der Waals surface area contributed by atoms with Crippen molar-refractivity contribution in [1.29, 1.82) is 0 Å². The molecule has 158 valence electrons. The number of halogens is 1. The topological polar surface area (TPSA) is 113 Å². The van der Waals surface area contributed by atoms with E-state index < -0.39 is 26.8 Å². The predicted molar refractivity (Wildman–Crippen MR) is 116 cm³/mol. The highest BCUT2D eigenvalue weighted by molar-refractivity contribution is 9.10. The highest BCUT2D eigenvalue weighted by Crippen LogP contribution is 2.30. The van der Waals surface area contributed by atoms with Gasteiger partial charge in [0, 0.05) is 15.0 Å². The molecule has 1 atom stereocenters. The normalized spacial score (nSPS) is 13.1. The molecule has 0 saturated heterocycles. The van der Waals surface area contributed by atoms with Crippen molar-refractivity contribution in [2.45, 2.75) is 29.5 Å². The fraction of sp³-hybridized carbons (Fsp3) is 0.316. The molecule has 3 N–H and O–H groups in total. The molecule has 0 unspecified atom stereocenters. The van der Waals surface area contributed by atoms with Crippen LogP contribution in [0.1, 0.15) is 13.8 Å². The van der Waals surface area contributed by atoms with Gasteiger partial charge < -0.3 is 14.9 Å². The van der Waals surface area contributed by atoms with Gasteiger partial charge in [0.1, 0.15) is 17.5 Å². The minimum Gasteiger partial charge on any atom is -0.480 e. The number of carbonyl (C=O) groups is 1. The van der Waals surface area contributed by atoms with Gasteiger partial charge in [-0.25, -0.2) is 8.42 Å². The lowest BCUT2D eigenvalue weighted by Crippen LogP contribution is -2.52. The number of hydrogen-bond donors (Lipinski definition) is 3. The number of carboxylic acid groups (broad SMARTS) is 1. The highest BCUT2D eigenvalue weighted by atomic mass is 79.9. The molecule has 2 aromatic rings. The third kappa shape index (κ3) is 6.71. The van der Waals surface area contributed by atoms with Crippen LogP contribution in [0.25, 0.3) is 0 Å². The molecular weight excluding hydrogens is 482 g/mol. The summed E-state index contributed by atoms with van der Waals surface area (Å²) >= 11 is 4.51. The van der Waals surface area contributed by atoms with E-state index in [9.17, 15) is 18.3 Å². The largest absolute Gasteiger partial charge is 0.480 e. The number of thioether (sulfide) groups is 1. The quantitative estimate of drug-likeness (QED) is 0.454. The van der Waals surface area contributed by atoms with Gasteiger partial charge in [0.05, 0.1) is 11.5 Å². The molecule has 7 nitrogen and oxygen atoms in total. The van der Waals surface area contributed by atoms with Gasteiger partial charge in [-0.15, -0.1) is 0 Å². The molecule has 0 aliphatic carbocycles. The van der Waals surface area contributed by atoms with Crippen LogP contribution in [0.15, 0.2) is 57.9 Å². The fourth-order valence-corrected chi connectivity index (χ4v) is 5.05. The Bertz CT molecular complexity index is 930. The monoisotopic (exact) mass is 503 g/mol. The number of aliphatic hydroxyl groups is 1. The molecule has 0 radical (unpaired) electrons. The SMILES string of the molecule is CC(C)(SCCO)[C@@H](NS(=O)(=O)c1ccc(Oc2ccc(Br)cc2)cc1)C(=O)O. The molecule has 0 aliphatic heterocycles. The summed E-state index contributed by atoms with van der Waals surface area (Å²) in [7, 11) is -4.08. The Morgan fingerprint density at radius 3 is 2.14 bits per heavy atom. The average molecular weight is 504 g/mol. The van der Waals surface area contributed by atoms with E-state index in [4.69, 9.17) is 9.84 Å². The van der Waals surface area contributed by atoms with Crippen LogP contribution in [0.2, 0.25) is 0 Å². The summed E-state index contributed by atoms with van der Waals surface area (Å²) in [5, 5.41) is 18.5. The third-order valence-electron chi connectivity index (χ3n) is 3.96. The Morgan fingerprint density at radius 1 is 1.14 bits per heavy atom. The minimum atomic E-state index is -4.08. The van der Waals surface area contributed by atoms with Crippen LogP contribution in [0.5, 0.6) is 11.5 Å². The number of rotatable bonds is 10. The molecule has 0 amide bonds. The number of ether oxygens (including phenoxy) is 1. The van der Waals surface area contributed by atoms with Gasteiger partial charge in [-0.1, -0.05) is 15.9 Å². The van der Waals surface area contributed by atoms with Crippen molar-refractivity contribution < 1.29 is 28.2 Å². The standard InChI is InChI=1S/C19H22BrNO6S2/c1-19(2,28-12-11-22)17(18(23)24)21-29(25,26)16-9-7-15(8-10-16)27-14-5-3-13(20)4-6-14/h3-10,17,21-22H,11-12H2,1-2H3,(H,23,24)/t17-/m0/s1. The number of hydrogen-bond acceptors (Lipinski definition) is 6. The van der Waals surface area contributed by atoms with E-state index in [0.717, 1.165) is 4.47 Å². The number of sulfonamides is 1. The van der Waals surface area contributed by atoms with Crippen LogP contribution in [-0.2, 0) is 14.8 Å². The van der Waals surface area contributed by atoms with Crippen LogP contribution >= 0.6 is 27.7 Å². The summed E-state index contributed by atoms with van der Waals surface area (Å²) in [5.74, 6) is 0.0373. The molecule has 2 aromatic carbocycles. The smallest absolute Gasteiger partial charge is 0.323 e. The Labute approximate surface area is 182 Å². The lowest BCUT2D eigenvalue weighted by atomic mass is 10.1. The van der Waals surface area contributed by atoms with Gasteiger partial charge in [0.15, 0.2) is 0 Å². The molecule has 0 aromatic heterocycles. The summed E-state index contributed by atoms with van der Waals surface area (Å²) in [6.07, 6.45) is 0. The first-order valence-electron chi connectivity index (χ1n) is 8.58. The summed E-state index contributed by atoms with van der Waals surface area (Å²) in [6.45, 7) is 3.10. The van der Waals surface area contributed by atoms with Crippen molar-refractivity contribution in [2.75, 3.05) is 12.4 Å². The minimum absolute atomic E-state index is 0.0742. The van der Waals surface area contributed by atoms with E-state index in [0.29, 0.717) is 17.3 Å². The molecular formula is C19H22BrNO6S2. The van der Waals surface area contributed by atoms with Crippen LogP contribution in [0.4, 0.5) is 0 Å². The third-order valence-corrected chi connectivity index (χ3v) is 7.30. The Balaban J connectivity index is 2.16. The van der Waals surface area contributed by atoms with E-state index in [2.05, 4.69) is 20.7 Å². The zero-order valence-corrected chi connectivity index (χ0v) is 19.1. The maximum Gasteiger partial charge on any atom is 0.323 e. The van der Waals surface area contributed by atoms with Crippen LogP contribution in [0.3, 0.4) is 0 Å². The molecule has 0 heterocycles. The van der Waals surface area contributed by atoms with Crippen molar-refractivity contribution in [3.8, 4) is 11.5 Å². The Kier molecular flexibility index (Phi) is 8.12. The second kappa shape index (κ2) is 9.94. The summed E-state index contributed by atoms with van der Waals surface area (Å²) in [4.78, 5) is 11.6. The first-order chi connectivity index (χ1) is 13.5. The van der Waals surface area contributed by atoms with Crippen molar-refractivity contribution in [1.82, 2.24) is 4.72 Å². The second-order valence-electron chi connectivity index (χ2n) is 6.60. The van der Waals surface area contributed by atoms with Gasteiger partial charge in [0.25, 0.3) is 0 Å². The van der Waals surface area contributed by atoms with E-state index >= 15 is 0 Å². The Hall–Kier alpha value is -1.59. The van der Waals surface area contributed by atoms with Crippen LogP contribution in [0, 0.1) is 0 Å². The van der Waals surface area contributed by atoms with Crippen molar-refractivity contribution in [3.63, 3.8) is 0 Å². The average Bonchev–Trinajstić information content (AvgIpc) is 2.66. The van der Waals surface area contributed by atoms with Gasteiger partial charge in [0.2, 0.25) is 10.0 Å². The summed E-state index contributed by atoms with van der Waals surface area (Å²) < 4.78 is 33.3. The van der Waals surface area contributed by atoms with E-state index in [1.165, 1.54) is 36.0 Å². The number of benzene rings is 2. The van der Waals surface area contributed by atoms with E-state index in [1.54, 1.807) is 26.0 Å². The van der Waals surface area contributed by atoms with Gasteiger partial charge in [-0.3, -0.25) is 4.79 Å². The van der Waals surface area contributed by atoms with E-state index in [1.807, 2.05) is 12.1 Å². The molecule has 0 fully saturated rings. The first kappa shape index (κ1) is 23.7. The number of nitrogens with one attached hydrogen (secondary N) is 1. The molecule has 10 heteroatoms. The molecule has 0 spiro atoms. The van der Waals surface area contributed by atoms with Gasteiger partial charge in [-0.2, -0.15) is 16.5 Å². The number of carboxylic acids is 1. The van der Waals surface area contributed by atoms with E-state index in [-0.39, 0.29) is 11.5 Å². The first-order valence-corrected chi connectivity index (χ1v) is 11.8. The maximum absolute atomic E-state index is 12.7. The number of aliphatic hydroxyl groups excluding tert-OH is 1. The van der Waals surface area contributed by atoms with Crippen LogP contribution in [-0.4, -0.2) is 47.7 Å². The molecule has 0 saturated carbocycles. The van der Waals surface area contributed by atoms with Gasteiger partial charge >= 0.3 is 5.97 Å². The number of aliphatic carboxylic acids is 1. The van der Waals surface area contributed by atoms with Crippen LogP contribution < -0.4 is 9.46 Å². The lowest BCUT2D eigenvalue weighted by molar-refractivity contribution is -0.139. The van der Waals surface area contributed by atoms with Gasteiger partial charge in [-0.05, 0) is 62.4 Å². The molecule has 29 heavy (non-hydrogen) atoms. The maximum atomic E-state index is 12.7. The summed E-state index contributed by atoms with van der Waals surface area (Å²) in [6, 6.07) is 11.5. The second-order valence-corrected chi connectivity index (χ2v) is 11.0. The zero-order chi connectivity index (χ0) is 21.7. The molecule has 0 bridgehead atoms. The van der Waals surface area contributed by atoms with Crippen molar-refractivity contribution in [2.24, 2.45) is 0 Å². The summed E-state index contributed by atoms with van der Waals surface area (Å²) in [5.41, 5.74) is 0. The fourth-order valence-electron chi connectivity index (χ4n) is 2.43. The Morgan fingerprint density at radius 2 is 1.66 bits per heavy atom. The predicted octanol–water partition coefficient (Wildman–Crippen LogP) is 3.48. The van der Waals surface area contributed by atoms with Crippen molar-refractivity contribution in [3.05, 3.63) is 53.0 Å². The highest BCUT2D eigenvalue weighted by Gasteiger charge is 2.39. The zero-order valence-electron chi connectivity index (χ0n) is 15.8. The molecule has 2 rings (SSSR count). The molecule has 0 aliphatic rings. The van der Waals surface area contributed by atoms with Crippen molar-refractivity contribution >= 4 is 43.7 Å². The lowest BCUT2D eigenvalue weighted by Gasteiger charge is -2.31.